The van der Waals surface area contributed by atoms with E-state index in [0.717, 1.165) is 25.6 Å². The van der Waals surface area contributed by atoms with Crippen molar-refractivity contribution in [2.75, 3.05) is 32.7 Å². The molecule has 2 atom stereocenters. The molecule has 1 aromatic heterocycles. The summed E-state index contributed by atoms with van der Waals surface area (Å²) in [5.74, 6) is 1.46. The second-order valence-electron chi connectivity index (χ2n) is 6.36. The van der Waals surface area contributed by atoms with Crippen LogP contribution in [0, 0.1) is 0 Å². The highest BCUT2D eigenvalue weighted by Gasteiger charge is 2.20. The molecule has 0 aromatic carbocycles. The quantitative estimate of drug-likeness (QED) is 0.565. The third-order valence-electron chi connectivity index (χ3n) is 4.62. The minimum absolute atomic E-state index is 0.505. The predicted octanol–water partition coefficient (Wildman–Crippen LogP) is 3.28. The molecular weight excluding hydrogens is 304 g/mol. The average molecular weight is 337 g/mol. The zero-order valence-corrected chi connectivity index (χ0v) is 15.7. The van der Waals surface area contributed by atoms with Gasteiger partial charge in [0.25, 0.3) is 0 Å². The van der Waals surface area contributed by atoms with Crippen LogP contribution in [0.4, 0.5) is 0 Å². The van der Waals surface area contributed by atoms with Crippen LogP contribution in [0.15, 0.2) is 21.8 Å². The predicted molar refractivity (Wildman–Crippen MR) is 102 cm³/mol. The van der Waals surface area contributed by atoms with Gasteiger partial charge in [0.2, 0.25) is 0 Å². The van der Waals surface area contributed by atoms with E-state index in [1.54, 1.807) is 11.3 Å². The van der Waals surface area contributed by atoms with Gasteiger partial charge in [-0.2, -0.15) is 11.3 Å². The standard InChI is InChI=1S/C18H32N4S/c1-4-17(22-9-6-7-10-22)13-21-18(19-5-2)20-12-15(3)16-8-11-23-14-16/h8,11,14-15,17H,4-7,9-10,12-13H2,1-3H3,(H2,19,20,21). The Morgan fingerprint density at radius 2 is 2.09 bits per heavy atom. The Labute approximate surface area is 145 Å². The largest absolute Gasteiger partial charge is 0.357 e. The van der Waals surface area contributed by atoms with Gasteiger partial charge in [0, 0.05) is 19.1 Å². The molecule has 4 nitrogen and oxygen atoms in total. The van der Waals surface area contributed by atoms with Crippen molar-refractivity contribution in [2.24, 2.45) is 4.99 Å². The van der Waals surface area contributed by atoms with E-state index >= 15 is 0 Å². The van der Waals surface area contributed by atoms with Crippen LogP contribution in [-0.4, -0.2) is 49.6 Å². The third kappa shape index (κ3) is 5.81. The first kappa shape index (κ1) is 18.3. The van der Waals surface area contributed by atoms with Gasteiger partial charge in [0.05, 0.1) is 6.54 Å². The molecule has 1 aromatic rings. The molecule has 0 saturated carbocycles. The fourth-order valence-corrected chi connectivity index (χ4v) is 3.85. The van der Waals surface area contributed by atoms with Gasteiger partial charge in [0.15, 0.2) is 5.96 Å². The molecule has 1 aliphatic heterocycles. The highest BCUT2D eigenvalue weighted by molar-refractivity contribution is 7.07. The van der Waals surface area contributed by atoms with Crippen LogP contribution in [0.25, 0.3) is 0 Å². The summed E-state index contributed by atoms with van der Waals surface area (Å²) in [5.41, 5.74) is 1.40. The second kappa shape index (κ2) is 9.93. The molecule has 1 aliphatic rings. The van der Waals surface area contributed by atoms with E-state index in [1.165, 1.54) is 37.9 Å². The van der Waals surface area contributed by atoms with Crippen LogP contribution in [-0.2, 0) is 0 Å². The van der Waals surface area contributed by atoms with E-state index in [1.807, 2.05) is 0 Å². The van der Waals surface area contributed by atoms with E-state index in [4.69, 9.17) is 4.99 Å². The van der Waals surface area contributed by atoms with Gasteiger partial charge < -0.3 is 10.6 Å². The fraction of sp³-hybridized carbons (Fsp3) is 0.722. The van der Waals surface area contributed by atoms with Crippen molar-refractivity contribution >= 4 is 17.3 Å². The lowest BCUT2D eigenvalue weighted by atomic mass is 10.1. The SMILES string of the molecule is CCNC(=NCC(CC)N1CCCC1)NCC(C)c1ccsc1. The summed E-state index contributed by atoms with van der Waals surface area (Å²) >= 11 is 1.76. The third-order valence-corrected chi connectivity index (χ3v) is 5.32. The number of hydrogen-bond acceptors (Lipinski definition) is 3. The summed E-state index contributed by atoms with van der Waals surface area (Å²) in [4.78, 5) is 7.44. The molecule has 130 valence electrons. The average Bonchev–Trinajstić information content (AvgIpc) is 3.26. The number of guanidine groups is 1. The zero-order chi connectivity index (χ0) is 16.5. The number of likely N-dealkylation sites (tertiary alicyclic amines) is 1. The van der Waals surface area contributed by atoms with Crippen LogP contribution in [0.1, 0.15) is 51.5 Å². The molecule has 2 N–H and O–H groups in total. The summed E-state index contributed by atoms with van der Waals surface area (Å²) < 4.78 is 0. The highest BCUT2D eigenvalue weighted by Crippen LogP contribution is 2.17. The van der Waals surface area contributed by atoms with Crippen molar-refractivity contribution in [3.63, 3.8) is 0 Å². The topological polar surface area (TPSA) is 39.7 Å². The van der Waals surface area contributed by atoms with Crippen LogP contribution < -0.4 is 10.6 Å². The van der Waals surface area contributed by atoms with Gasteiger partial charge in [-0.25, -0.2) is 0 Å². The molecule has 23 heavy (non-hydrogen) atoms. The Bertz CT molecular complexity index is 452. The summed E-state index contributed by atoms with van der Waals surface area (Å²) in [5, 5.41) is 11.3. The van der Waals surface area contributed by atoms with Crippen molar-refractivity contribution < 1.29 is 0 Å². The Kier molecular flexibility index (Phi) is 7.89. The Balaban J connectivity index is 1.85. The number of thiophene rings is 1. The lowest BCUT2D eigenvalue weighted by Gasteiger charge is -2.25. The second-order valence-corrected chi connectivity index (χ2v) is 7.14. The highest BCUT2D eigenvalue weighted by atomic mass is 32.1. The molecule has 5 heteroatoms. The summed E-state index contributed by atoms with van der Waals surface area (Å²) in [6, 6.07) is 2.80. The van der Waals surface area contributed by atoms with Crippen LogP contribution in [0.3, 0.4) is 0 Å². The fourth-order valence-electron chi connectivity index (χ4n) is 3.07. The minimum Gasteiger partial charge on any atom is -0.357 e. The molecule has 2 unspecified atom stereocenters. The number of hydrogen-bond donors (Lipinski definition) is 2. The van der Waals surface area contributed by atoms with E-state index < -0.39 is 0 Å². The Morgan fingerprint density at radius 3 is 2.70 bits per heavy atom. The van der Waals surface area contributed by atoms with Gasteiger partial charge in [-0.05, 0) is 67.6 Å². The summed E-state index contributed by atoms with van der Waals surface area (Å²) in [6.45, 7) is 11.9. The smallest absolute Gasteiger partial charge is 0.191 e. The van der Waals surface area contributed by atoms with Crippen molar-refractivity contribution in [3.8, 4) is 0 Å². The number of aliphatic imine (C=N–C) groups is 1. The molecule has 1 saturated heterocycles. The number of nitrogens with zero attached hydrogens (tertiary/aromatic N) is 2. The monoisotopic (exact) mass is 336 g/mol. The zero-order valence-electron chi connectivity index (χ0n) is 14.8. The van der Waals surface area contributed by atoms with E-state index in [-0.39, 0.29) is 0 Å². The molecule has 0 spiro atoms. The molecule has 1 fully saturated rings. The van der Waals surface area contributed by atoms with E-state index in [2.05, 4.69) is 53.1 Å². The Morgan fingerprint density at radius 1 is 1.30 bits per heavy atom. The first-order valence-corrected chi connectivity index (χ1v) is 9.97. The first-order chi connectivity index (χ1) is 11.2. The molecule has 0 aliphatic carbocycles. The number of nitrogens with one attached hydrogen (secondary N) is 2. The van der Waals surface area contributed by atoms with Crippen molar-refractivity contribution in [3.05, 3.63) is 22.4 Å². The molecule has 0 radical (unpaired) electrons. The van der Waals surface area contributed by atoms with Gasteiger partial charge in [0.1, 0.15) is 0 Å². The molecule has 2 rings (SSSR count). The van der Waals surface area contributed by atoms with Crippen molar-refractivity contribution in [1.82, 2.24) is 15.5 Å². The van der Waals surface area contributed by atoms with Crippen molar-refractivity contribution in [1.29, 1.82) is 0 Å². The lowest BCUT2D eigenvalue weighted by molar-refractivity contribution is 0.242. The van der Waals surface area contributed by atoms with Gasteiger partial charge >= 0.3 is 0 Å². The van der Waals surface area contributed by atoms with Crippen LogP contribution in [0.5, 0.6) is 0 Å². The molecule has 2 heterocycles. The maximum absolute atomic E-state index is 4.84. The molecule has 0 amide bonds. The van der Waals surface area contributed by atoms with Crippen LogP contribution in [0.2, 0.25) is 0 Å². The molecule has 0 bridgehead atoms. The lowest BCUT2D eigenvalue weighted by Crippen LogP contribution is -2.41. The number of rotatable bonds is 8. The van der Waals surface area contributed by atoms with E-state index in [0.29, 0.717) is 12.0 Å². The van der Waals surface area contributed by atoms with Crippen molar-refractivity contribution in [2.45, 2.75) is 52.0 Å². The van der Waals surface area contributed by atoms with Gasteiger partial charge in [-0.1, -0.05) is 13.8 Å². The summed E-state index contributed by atoms with van der Waals surface area (Å²) in [6.07, 6.45) is 3.86. The van der Waals surface area contributed by atoms with E-state index in [9.17, 15) is 0 Å². The summed E-state index contributed by atoms with van der Waals surface area (Å²) in [7, 11) is 0. The first-order valence-electron chi connectivity index (χ1n) is 9.02. The maximum Gasteiger partial charge on any atom is 0.191 e. The Hall–Kier alpha value is -1.07. The minimum atomic E-state index is 0.505. The van der Waals surface area contributed by atoms with Crippen LogP contribution >= 0.6 is 11.3 Å². The molecular formula is C18H32N4S. The maximum atomic E-state index is 4.84. The van der Waals surface area contributed by atoms with Gasteiger partial charge in [-0.3, -0.25) is 9.89 Å². The normalized spacial score (nSPS) is 18.8. The van der Waals surface area contributed by atoms with Gasteiger partial charge in [-0.15, -0.1) is 0 Å².